The van der Waals surface area contributed by atoms with Gasteiger partial charge >= 0.3 is 5.97 Å². The van der Waals surface area contributed by atoms with Crippen LogP contribution < -0.4 is 0 Å². The smallest absolute Gasteiger partial charge is 0.329 e. The quantitative estimate of drug-likeness (QED) is 0.850. The molecule has 1 fully saturated rings. The van der Waals surface area contributed by atoms with E-state index in [4.69, 9.17) is 19.3 Å². The maximum Gasteiger partial charge on any atom is 0.329 e. The number of hydrogen-bond donors (Lipinski definition) is 1. The van der Waals surface area contributed by atoms with Crippen molar-refractivity contribution in [1.82, 2.24) is 0 Å². The number of aliphatic carboxylic acids is 1. The van der Waals surface area contributed by atoms with E-state index in [2.05, 4.69) is 15.9 Å². The van der Waals surface area contributed by atoms with E-state index >= 15 is 0 Å². The van der Waals surface area contributed by atoms with Crippen LogP contribution in [0.2, 0.25) is 0 Å². The fraction of sp³-hybridized carbons (Fsp3) is 0.500. The van der Waals surface area contributed by atoms with E-state index in [9.17, 15) is 4.79 Å². The van der Waals surface area contributed by atoms with Gasteiger partial charge in [0.25, 0.3) is 0 Å². The summed E-state index contributed by atoms with van der Waals surface area (Å²) in [6, 6.07) is 0. The molecule has 2 aliphatic heterocycles. The summed E-state index contributed by atoms with van der Waals surface area (Å²) in [7, 11) is 0. The zero-order valence-electron chi connectivity index (χ0n) is 10.6. The van der Waals surface area contributed by atoms with Gasteiger partial charge in [0.1, 0.15) is 30.0 Å². The second-order valence-corrected chi connectivity index (χ2v) is 6.47. The molecule has 1 N–H and O–H groups in total. The molecular weight excluding hydrogens is 328 g/mol. The predicted octanol–water partition coefficient (Wildman–Crippen LogP) is 2.30. The molecule has 5 nitrogen and oxygen atoms in total. The van der Waals surface area contributed by atoms with Crippen LogP contribution in [-0.2, 0) is 19.0 Å². The van der Waals surface area contributed by atoms with Crippen molar-refractivity contribution >= 4 is 21.9 Å². The van der Waals surface area contributed by atoms with Gasteiger partial charge in [-0.25, -0.2) is 4.79 Å². The van der Waals surface area contributed by atoms with Crippen LogP contribution in [0.15, 0.2) is 33.4 Å². The first-order valence-corrected chi connectivity index (χ1v) is 7.39. The van der Waals surface area contributed by atoms with Gasteiger partial charge in [-0.05, 0) is 17.0 Å². The standard InChI is InChI=1S/C14H13BrO5/c15-7-1-6(4-18-5-11(16)17)13-8(2-7)12-9(19-13)3-10-14(12)20-10/h1,8-9,12H,2-5H2,(H,16,17)/t8?,9-,12-/m1/s1. The van der Waals surface area contributed by atoms with Gasteiger partial charge in [-0.3, -0.25) is 0 Å². The summed E-state index contributed by atoms with van der Waals surface area (Å²) >= 11 is 3.56. The Morgan fingerprint density at radius 2 is 2.30 bits per heavy atom. The first kappa shape index (κ1) is 12.5. The molecule has 0 saturated carbocycles. The summed E-state index contributed by atoms with van der Waals surface area (Å²) in [5, 5.41) is 8.63. The largest absolute Gasteiger partial charge is 0.493 e. The van der Waals surface area contributed by atoms with Gasteiger partial charge in [0.15, 0.2) is 0 Å². The zero-order chi connectivity index (χ0) is 13.9. The molecule has 0 radical (unpaired) electrons. The summed E-state index contributed by atoms with van der Waals surface area (Å²) < 4.78 is 17.9. The molecule has 1 saturated heterocycles. The number of carbonyl (C=O) groups is 1. The number of carboxylic acids is 1. The molecule has 2 aliphatic carbocycles. The van der Waals surface area contributed by atoms with Crippen LogP contribution in [0, 0.1) is 11.8 Å². The molecule has 106 valence electrons. The fourth-order valence-electron chi connectivity index (χ4n) is 3.38. The minimum absolute atomic E-state index is 0.190. The monoisotopic (exact) mass is 340 g/mol. The van der Waals surface area contributed by atoms with Crippen LogP contribution in [0.5, 0.6) is 0 Å². The van der Waals surface area contributed by atoms with E-state index in [0.29, 0.717) is 5.92 Å². The number of carboxylic acid groups (broad SMARTS) is 1. The first-order valence-electron chi connectivity index (χ1n) is 6.59. The first-order chi connectivity index (χ1) is 9.63. The molecule has 0 amide bonds. The molecule has 2 heterocycles. The number of fused-ring (bicyclic) bond motifs is 4. The van der Waals surface area contributed by atoms with E-state index in [1.807, 2.05) is 6.08 Å². The summed E-state index contributed by atoms with van der Waals surface area (Å²) in [5.41, 5.74) is 0.937. The molecule has 0 aromatic heterocycles. The average molecular weight is 341 g/mol. The number of hydrogen-bond acceptors (Lipinski definition) is 4. The highest BCUT2D eigenvalue weighted by Gasteiger charge is 2.57. The molecule has 0 aromatic carbocycles. The van der Waals surface area contributed by atoms with Crippen LogP contribution in [-0.4, -0.2) is 30.4 Å². The third-order valence-corrected chi connectivity index (χ3v) is 4.70. The lowest BCUT2D eigenvalue weighted by Crippen LogP contribution is -2.19. The normalized spacial score (nSPS) is 33.0. The van der Waals surface area contributed by atoms with E-state index in [1.54, 1.807) is 0 Å². The van der Waals surface area contributed by atoms with Gasteiger partial charge in [0, 0.05) is 17.9 Å². The SMILES string of the molecule is O=C(O)COCC1=C2O[C@@H]3CC4=C(O4)[C@@H]3C2CC(Br)=C1. The Morgan fingerprint density at radius 3 is 3.10 bits per heavy atom. The van der Waals surface area contributed by atoms with Crippen LogP contribution in [0.4, 0.5) is 0 Å². The van der Waals surface area contributed by atoms with Gasteiger partial charge in [0.2, 0.25) is 0 Å². The maximum atomic E-state index is 10.5. The van der Waals surface area contributed by atoms with Crippen LogP contribution in [0.1, 0.15) is 12.8 Å². The van der Waals surface area contributed by atoms with Crippen LogP contribution >= 0.6 is 15.9 Å². The van der Waals surface area contributed by atoms with Gasteiger partial charge in [0.05, 0.1) is 12.5 Å². The summed E-state index contributed by atoms with van der Waals surface area (Å²) in [5.74, 6) is 2.83. The highest BCUT2D eigenvalue weighted by atomic mass is 79.9. The Kier molecular flexibility index (Phi) is 2.72. The second-order valence-electron chi connectivity index (χ2n) is 5.45. The van der Waals surface area contributed by atoms with Crippen LogP contribution in [0.25, 0.3) is 0 Å². The van der Waals surface area contributed by atoms with E-state index in [0.717, 1.165) is 40.2 Å². The van der Waals surface area contributed by atoms with Crippen molar-refractivity contribution in [1.29, 1.82) is 0 Å². The molecule has 4 rings (SSSR count). The van der Waals surface area contributed by atoms with E-state index < -0.39 is 5.97 Å². The van der Waals surface area contributed by atoms with Crippen molar-refractivity contribution in [2.75, 3.05) is 13.2 Å². The third-order valence-electron chi connectivity index (χ3n) is 4.15. The van der Waals surface area contributed by atoms with Crippen molar-refractivity contribution in [3.63, 3.8) is 0 Å². The molecule has 1 unspecified atom stereocenters. The maximum absolute atomic E-state index is 10.5. The van der Waals surface area contributed by atoms with Crippen molar-refractivity contribution in [2.24, 2.45) is 11.8 Å². The Balaban J connectivity index is 1.56. The van der Waals surface area contributed by atoms with E-state index in [-0.39, 0.29) is 25.2 Å². The summed E-state index contributed by atoms with van der Waals surface area (Å²) in [4.78, 5) is 10.5. The van der Waals surface area contributed by atoms with Crippen molar-refractivity contribution < 1.29 is 24.1 Å². The molecule has 6 heteroatoms. The van der Waals surface area contributed by atoms with Crippen molar-refractivity contribution in [3.05, 3.63) is 33.4 Å². The number of allylic oxidation sites excluding steroid dienone is 2. The number of halogens is 1. The number of ether oxygens (including phenoxy) is 3. The average Bonchev–Trinajstić information content (AvgIpc) is 2.89. The topological polar surface area (TPSA) is 68.3 Å². The second kappa shape index (κ2) is 4.36. The molecule has 0 spiro atoms. The van der Waals surface area contributed by atoms with Crippen molar-refractivity contribution in [2.45, 2.75) is 18.9 Å². The van der Waals surface area contributed by atoms with E-state index in [1.165, 1.54) is 0 Å². The molecule has 0 bridgehead atoms. The van der Waals surface area contributed by atoms with Gasteiger partial charge in [-0.1, -0.05) is 15.9 Å². The molecular formula is C14H13BrO5. The van der Waals surface area contributed by atoms with Crippen molar-refractivity contribution in [3.8, 4) is 0 Å². The van der Waals surface area contributed by atoms with Crippen LogP contribution in [0.3, 0.4) is 0 Å². The minimum atomic E-state index is -0.962. The minimum Gasteiger partial charge on any atom is -0.493 e. The Bertz CT molecular complexity index is 588. The van der Waals surface area contributed by atoms with Gasteiger partial charge < -0.3 is 19.3 Å². The lowest BCUT2D eigenvalue weighted by molar-refractivity contribution is -0.141. The fourth-order valence-corrected chi connectivity index (χ4v) is 4.00. The Hall–Kier alpha value is -1.27. The lowest BCUT2D eigenvalue weighted by atomic mass is 9.84. The van der Waals surface area contributed by atoms with Gasteiger partial charge in [-0.15, -0.1) is 0 Å². The molecule has 0 aromatic rings. The molecule has 20 heavy (non-hydrogen) atoms. The lowest BCUT2D eigenvalue weighted by Gasteiger charge is -2.21. The molecule has 4 aliphatic rings. The molecule has 3 atom stereocenters. The Morgan fingerprint density at radius 1 is 1.45 bits per heavy atom. The number of rotatable bonds is 4. The highest BCUT2D eigenvalue weighted by molar-refractivity contribution is 9.11. The predicted molar refractivity (Wildman–Crippen MR) is 71.7 cm³/mol. The summed E-state index contributed by atoms with van der Waals surface area (Å²) in [6.07, 6.45) is 3.94. The Labute approximate surface area is 124 Å². The summed E-state index contributed by atoms with van der Waals surface area (Å²) in [6.45, 7) is -0.0301. The van der Waals surface area contributed by atoms with Gasteiger partial charge in [-0.2, -0.15) is 0 Å². The highest BCUT2D eigenvalue weighted by Crippen LogP contribution is 2.59. The third kappa shape index (κ3) is 1.90. The zero-order valence-corrected chi connectivity index (χ0v) is 12.2.